The molecule has 1 fully saturated rings. The standard InChI is InChI=1S/C28H23NO5/c30-28-22(10-20-6-8-24-26(12-20)33-17-31-24)15-29(14-19-4-2-1-3-5-19)16-23(28)11-21-7-9-25-27(13-21)34-18-32-25/h1-13H,14-18H2. The van der Waals surface area contributed by atoms with Crippen molar-refractivity contribution < 1.29 is 23.7 Å². The molecular formula is C28H23NO5. The van der Waals surface area contributed by atoms with Gasteiger partial charge in [-0.25, -0.2) is 0 Å². The maximum absolute atomic E-state index is 13.5. The molecule has 0 aromatic heterocycles. The Hall–Kier alpha value is -4.03. The van der Waals surface area contributed by atoms with Crippen LogP contribution >= 0.6 is 0 Å². The fourth-order valence-corrected chi connectivity index (χ4v) is 4.47. The summed E-state index contributed by atoms with van der Waals surface area (Å²) in [6.07, 6.45) is 3.91. The number of ether oxygens (including phenoxy) is 4. The van der Waals surface area contributed by atoms with Gasteiger partial charge >= 0.3 is 0 Å². The molecule has 0 radical (unpaired) electrons. The lowest BCUT2D eigenvalue weighted by atomic mass is 9.93. The van der Waals surface area contributed by atoms with Crippen LogP contribution in [0.5, 0.6) is 23.0 Å². The largest absolute Gasteiger partial charge is 0.454 e. The topological polar surface area (TPSA) is 57.2 Å². The molecule has 6 nitrogen and oxygen atoms in total. The summed E-state index contributed by atoms with van der Waals surface area (Å²) in [5, 5.41) is 0. The maximum Gasteiger partial charge on any atom is 0.231 e. The average molecular weight is 453 g/mol. The molecule has 34 heavy (non-hydrogen) atoms. The van der Waals surface area contributed by atoms with Crippen LogP contribution in [-0.2, 0) is 11.3 Å². The number of carbonyl (C=O) groups is 1. The summed E-state index contributed by atoms with van der Waals surface area (Å²) in [5.41, 5.74) is 4.52. The lowest BCUT2D eigenvalue weighted by Crippen LogP contribution is -2.37. The zero-order valence-electron chi connectivity index (χ0n) is 18.5. The molecule has 0 atom stereocenters. The third-order valence-corrected chi connectivity index (χ3v) is 6.10. The highest BCUT2D eigenvalue weighted by Crippen LogP contribution is 2.35. The summed E-state index contributed by atoms with van der Waals surface area (Å²) in [7, 11) is 0. The molecule has 0 N–H and O–H groups in total. The van der Waals surface area contributed by atoms with Gasteiger partial charge in [0.25, 0.3) is 0 Å². The number of piperidine rings is 1. The number of likely N-dealkylation sites (tertiary alicyclic amines) is 1. The van der Waals surface area contributed by atoms with E-state index in [9.17, 15) is 4.79 Å². The van der Waals surface area contributed by atoms with E-state index in [0.29, 0.717) is 24.6 Å². The van der Waals surface area contributed by atoms with E-state index in [-0.39, 0.29) is 19.4 Å². The Balaban J connectivity index is 1.34. The van der Waals surface area contributed by atoms with Crippen LogP contribution in [0.1, 0.15) is 16.7 Å². The van der Waals surface area contributed by atoms with Gasteiger partial charge in [-0.3, -0.25) is 9.69 Å². The van der Waals surface area contributed by atoms with Crippen molar-refractivity contribution in [2.75, 3.05) is 26.7 Å². The zero-order valence-corrected chi connectivity index (χ0v) is 18.5. The minimum atomic E-state index is 0.0552. The van der Waals surface area contributed by atoms with E-state index in [4.69, 9.17) is 18.9 Å². The Morgan fingerprint density at radius 1 is 0.676 bits per heavy atom. The van der Waals surface area contributed by atoms with Gasteiger partial charge in [-0.05, 0) is 53.1 Å². The molecule has 0 saturated carbocycles. The number of ketones is 1. The number of benzene rings is 3. The molecule has 3 aliphatic heterocycles. The van der Waals surface area contributed by atoms with Crippen LogP contribution in [0.15, 0.2) is 77.9 Å². The van der Waals surface area contributed by atoms with Crippen LogP contribution in [-0.4, -0.2) is 37.4 Å². The van der Waals surface area contributed by atoms with Crippen molar-refractivity contribution in [3.8, 4) is 23.0 Å². The number of carbonyl (C=O) groups excluding carboxylic acids is 1. The highest BCUT2D eigenvalue weighted by atomic mass is 16.7. The summed E-state index contributed by atoms with van der Waals surface area (Å²) in [6.45, 7) is 2.34. The van der Waals surface area contributed by atoms with Crippen LogP contribution in [0.25, 0.3) is 12.2 Å². The molecule has 0 amide bonds. The minimum Gasteiger partial charge on any atom is -0.454 e. The number of rotatable bonds is 4. The minimum absolute atomic E-state index is 0.0552. The zero-order chi connectivity index (χ0) is 22.9. The average Bonchev–Trinajstić information content (AvgIpc) is 3.51. The van der Waals surface area contributed by atoms with E-state index in [2.05, 4.69) is 17.0 Å². The van der Waals surface area contributed by atoms with Crippen molar-refractivity contribution >= 4 is 17.9 Å². The van der Waals surface area contributed by atoms with Gasteiger partial charge in [0.1, 0.15) is 0 Å². The van der Waals surface area contributed by atoms with Crippen molar-refractivity contribution in [3.05, 3.63) is 94.6 Å². The first-order valence-electron chi connectivity index (χ1n) is 11.2. The van der Waals surface area contributed by atoms with Gasteiger partial charge in [-0.2, -0.15) is 0 Å². The molecule has 170 valence electrons. The molecule has 6 rings (SSSR count). The van der Waals surface area contributed by atoms with Crippen LogP contribution < -0.4 is 18.9 Å². The second kappa shape index (κ2) is 8.72. The number of fused-ring (bicyclic) bond motifs is 2. The molecule has 1 saturated heterocycles. The van der Waals surface area contributed by atoms with Crippen molar-refractivity contribution in [3.63, 3.8) is 0 Å². The smallest absolute Gasteiger partial charge is 0.231 e. The number of hydrogen-bond donors (Lipinski definition) is 0. The Morgan fingerprint density at radius 3 is 1.76 bits per heavy atom. The second-order valence-corrected chi connectivity index (χ2v) is 8.52. The van der Waals surface area contributed by atoms with Gasteiger partial charge in [0.2, 0.25) is 13.6 Å². The molecule has 0 aliphatic carbocycles. The van der Waals surface area contributed by atoms with Crippen molar-refractivity contribution in [1.82, 2.24) is 4.90 Å². The molecule has 6 heteroatoms. The van der Waals surface area contributed by atoms with Gasteiger partial charge in [0.05, 0.1) is 0 Å². The molecule has 0 spiro atoms. The van der Waals surface area contributed by atoms with E-state index in [1.165, 1.54) is 5.56 Å². The Bertz CT molecular complexity index is 1230. The predicted octanol–water partition coefficient (Wildman–Crippen LogP) is 4.70. The quantitative estimate of drug-likeness (QED) is 0.534. The lowest BCUT2D eigenvalue weighted by Gasteiger charge is -2.30. The Labute approximate surface area is 197 Å². The first kappa shape index (κ1) is 20.6. The number of nitrogens with zero attached hydrogens (tertiary/aromatic N) is 1. The van der Waals surface area contributed by atoms with Gasteiger partial charge in [0, 0.05) is 30.8 Å². The van der Waals surface area contributed by atoms with Gasteiger partial charge in [-0.15, -0.1) is 0 Å². The highest BCUT2D eigenvalue weighted by Gasteiger charge is 2.27. The molecule has 3 heterocycles. The fourth-order valence-electron chi connectivity index (χ4n) is 4.47. The summed E-state index contributed by atoms with van der Waals surface area (Å²) in [5.74, 6) is 2.92. The highest BCUT2D eigenvalue weighted by molar-refractivity contribution is 6.14. The van der Waals surface area contributed by atoms with Crippen molar-refractivity contribution in [1.29, 1.82) is 0 Å². The molecular weight excluding hydrogens is 430 g/mol. The van der Waals surface area contributed by atoms with Crippen LogP contribution in [0, 0.1) is 0 Å². The van der Waals surface area contributed by atoms with E-state index in [1.54, 1.807) is 0 Å². The molecule has 0 bridgehead atoms. The molecule has 0 unspecified atom stereocenters. The van der Waals surface area contributed by atoms with E-state index < -0.39 is 0 Å². The van der Waals surface area contributed by atoms with E-state index >= 15 is 0 Å². The van der Waals surface area contributed by atoms with Crippen LogP contribution in [0.2, 0.25) is 0 Å². The van der Waals surface area contributed by atoms with E-state index in [0.717, 1.165) is 40.3 Å². The first-order chi connectivity index (χ1) is 16.7. The van der Waals surface area contributed by atoms with E-state index in [1.807, 2.05) is 66.7 Å². The molecule has 3 aliphatic rings. The SMILES string of the molecule is O=C1C(=Cc2ccc3c(c2)OCO3)CN(Cc2ccccc2)CC1=Cc1ccc2c(c1)OCO2. The van der Waals surface area contributed by atoms with Crippen LogP contribution in [0.4, 0.5) is 0 Å². The third-order valence-electron chi connectivity index (χ3n) is 6.10. The first-order valence-corrected chi connectivity index (χ1v) is 11.2. The fraction of sp³-hybridized carbons (Fsp3) is 0.179. The molecule has 3 aromatic carbocycles. The van der Waals surface area contributed by atoms with Gasteiger partial charge in [-0.1, -0.05) is 42.5 Å². The van der Waals surface area contributed by atoms with Gasteiger partial charge < -0.3 is 18.9 Å². The third kappa shape index (κ3) is 4.16. The van der Waals surface area contributed by atoms with Crippen LogP contribution in [0.3, 0.4) is 0 Å². The predicted molar refractivity (Wildman–Crippen MR) is 128 cm³/mol. The normalized spacial score (nSPS) is 19.2. The Morgan fingerprint density at radius 2 is 1.21 bits per heavy atom. The van der Waals surface area contributed by atoms with Crippen molar-refractivity contribution in [2.45, 2.75) is 6.54 Å². The Kier molecular flexibility index (Phi) is 5.28. The summed E-state index contributed by atoms with van der Waals surface area (Å²) < 4.78 is 21.9. The molecule has 3 aromatic rings. The summed E-state index contributed by atoms with van der Waals surface area (Å²) in [6, 6.07) is 21.8. The maximum atomic E-state index is 13.5. The monoisotopic (exact) mass is 453 g/mol. The summed E-state index contributed by atoms with van der Waals surface area (Å²) in [4.78, 5) is 15.8. The lowest BCUT2D eigenvalue weighted by molar-refractivity contribution is -0.113. The summed E-state index contributed by atoms with van der Waals surface area (Å²) >= 11 is 0. The van der Waals surface area contributed by atoms with Crippen molar-refractivity contribution in [2.24, 2.45) is 0 Å². The second-order valence-electron chi connectivity index (χ2n) is 8.52. The van der Waals surface area contributed by atoms with Gasteiger partial charge in [0.15, 0.2) is 28.8 Å². The number of Topliss-reactive ketones (excluding diaryl/α,β-unsaturated/α-hetero) is 1. The number of hydrogen-bond acceptors (Lipinski definition) is 6.